The van der Waals surface area contributed by atoms with Gasteiger partial charge in [0.2, 0.25) is 5.91 Å². The predicted octanol–water partition coefficient (Wildman–Crippen LogP) is 2.13. The van der Waals surface area contributed by atoms with Crippen LogP contribution < -0.4 is 5.73 Å². The van der Waals surface area contributed by atoms with Gasteiger partial charge in [0.15, 0.2) is 9.84 Å². The summed E-state index contributed by atoms with van der Waals surface area (Å²) in [5, 5.41) is 0. The largest absolute Gasteiger partial charge is 0.339 e. The average molecular weight is 338 g/mol. The lowest BCUT2D eigenvalue weighted by molar-refractivity contribution is -0.137. The first kappa shape index (κ1) is 17.9. The molecule has 1 aromatic rings. The Morgan fingerprint density at radius 2 is 1.87 bits per heavy atom. The molecule has 5 nitrogen and oxygen atoms in total. The van der Waals surface area contributed by atoms with Crippen molar-refractivity contribution >= 4 is 15.7 Å². The zero-order valence-electron chi connectivity index (χ0n) is 14.0. The van der Waals surface area contributed by atoms with Gasteiger partial charge in [0.25, 0.3) is 0 Å². The van der Waals surface area contributed by atoms with Gasteiger partial charge in [-0.1, -0.05) is 18.6 Å². The van der Waals surface area contributed by atoms with E-state index in [1.54, 1.807) is 36.2 Å². The molecule has 1 aliphatic carbocycles. The van der Waals surface area contributed by atoms with E-state index in [0.29, 0.717) is 4.90 Å². The lowest BCUT2D eigenvalue weighted by Gasteiger charge is -2.32. The fourth-order valence-corrected chi connectivity index (χ4v) is 3.78. The molecule has 2 rings (SSSR count). The summed E-state index contributed by atoms with van der Waals surface area (Å²) in [5.41, 5.74) is 6.90. The van der Waals surface area contributed by atoms with Gasteiger partial charge in [-0.3, -0.25) is 4.79 Å². The Hall–Kier alpha value is -1.40. The maximum atomic E-state index is 12.7. The first-order valence-electron chi connectivity index (χ1n) is 8.02. The van der Waals surface area contributed by atoms with Gasteiger partial charge in [-0.2, -0.15) is 0 Å². The topological polar surface area (TPSA) is 80.5 Å². The molecule has 2 N–H and O–H groups in total. The van der Waals surface area contributed by atoms with Crippen LogP contribution in [0.15, 0.2) is 29.2 Å². The minimum atomic E-state index is -3.20. The van der Waals surface area contributed by atoms with Crippen LogP contribution >= 0.6 is 0 Å². The third-order valence-corrected chi connectivity index (χ3v) is 5.91. The first-order chi connectivity index (χ1) is 10.7. The Morgan fingerprint density at radius 3 is 2.39 bits per heavy atom. The Balaban J connectivity index is 2.09. The number of sulfone groups is 1. The van der Waals surface area contributed by atoms with Crippen molar-refractivity contribution in [1.29, 1.82) is 0 Å². The molecule has 0 bridgehead atoms. The Kier molecular flexibility index (Phi) is 5.47. The molecule has 128 valence electrons. The standard InChI is InChI=1S/C17H26N2O3S/c1-12(13-7-9-16(10-8-13)23(3,21)22)19(2)17(20)14-5-4-6-15(18)11-14/h7-10,12,14-15H,4-6,11,18H2,1-3H3. The van der Waals surface area contributed by atoms with Crippen LogP contribution in [0.25, 0.3) is 0 Å². The summed E-state index contributed by atoms with van der Waals surface area (Å²) in [7, 11) is -1.40. The minimum Gasteiger partial charge on any atom is -0.339 e. The number of benzene rings is 1. The van der Waals surface area contributed by atoms with E-state index in [1.165, 1.54) is 6.26 Å². The number of carbonyl (C=O) groups excluding carboxylic acids is 1. The van der Waals surface area contributed by atoms with Crippen molar-refractivity contribution in [1.82, 2.24) is 4.90 Å². The van der Waals surface area contributed by atoms with Gasteiger partial charge in [-0.25, -0.2) is 8.42 Å². The van der Waals surface area contributed by atoms with Crippen molar-refractivity contribution in [2.45, 2.75) is 49.6 Å². The van der Waals surface area contributed by atoms with Crippen LogP contribution in [0.4, 0.5) is 0 Å². The average Bonchev–Trinajstić information content (AvgIpc) is 2.52. The summed E-state index contributed by atoms with van der Waals surface area (Å²) < 4.78 is 23.0. The van der Waals surface area contributed by atoms with Gasteiger partial charge in [-0.05, 0) is 43.9 Å². The van der Waals surface area contributed by atoms with Gasteiger partial charge < -0.3 is 10.6 Å². The fraction of sp³-hybridized carbons (Fsp3) is 0.588. The van der Waals surface area contributed by atoms with Crippen LogP contribution in [0.3, 0.4) is 0 Å². The molecule has 23 heavy (non-hydrogen) atoms. The summed E-state index contributed by atoms with van der Waals surface area (Å²) in [6, 6.07) is 6.76. The summed E-state index contributed by atoms with van der Waals surface area (Å²) >= 11 is 0. The molecule has 3 unspecified atom stereocenters. The number of nitrogens with zero attached hydrogens (tertiary/aromatic N) is 1. The Bertz CT molecular complexity index is 655. The quantitative estimate of drug-likeness (QED) is 0.912. The molecule has 1 amide bonds. The summed E-state index contributed by atoms with van der Waals surface area (Å²) in [6.07, 6.45) is 4.84. The van der Waals surface area contributed by atoms with Crippen LogP contribution in [0.2, 0.25) is 0 Å². The van der Waals surface area contributed by atoms with E-state index >= 15 is 0 Å². The van der Waals surface area contributed by atoms with Gasteiger partial charge in [0.1, 0.15) is 0 Å². The summed E-state index contributed by atoms with van der Waals surface area (Å²) in [4.78, 5) is 14.7. The molecule has 6 heteroatoms. The van der Waals surface area contributed by atoms with E-state index < -0.39 is 9.84 Å². The smallest absolute Gasteiger partial charge is 0.225 e. The molecule has 0 aliphatic heterocycles. The molecule has 1 saturated carbocycles. The molecule has 1 aliphatic rings. The van der Waals surface area contributed by atoms with Crippen molar-refractivity contribution in [3.8, 4) is 0 Å². The minimum absolute atomic E-state index is 0.00138. The molecule has 0 heterocycles. The molecule has 0 spiro atoms. The van der Waals surface area contributed by atoms with E-state index in [9.17, 15) is 13.2 Å². The molecule has 0 aromatic heterocycles. The third kappa shape index (κ3) is 4.32. The molecule has 0 radical (unpaired) electrons. The molecule has 1 aromatic carbocycles. The van der Waals surface area contributed by atoms with E-state index in [0.717, 1.165) is 31.2 Å². The van der Waals surface area contributed by atoms with Crippen molar-refractivity contribution in [2.24, 2.45) is 11.7 Å². The monoisotopic (exact) mass is 338 g/mol. The second kappa shape index (κ2) is 7.01. The van der Waals surface area contributed by atoms with Crippen LogP contribution in [-0.4, -0.2) is 38.6 Å². The number of amides is 1. The van der Waals surface area contributed by atoms with E-state index in [4.69, 9.17) is 5.73 Å². The highest BCUT2D eigenvalue weighted by Crippen LogP contribution is 2.28. The molecule has 1 fully saturated rings. The lowest BCUT2D eigenvalue weighted by atomic mass is 9.85. The number of carbonyl (C=O) groups is 1. The van der Waals surface area contributed by atoms with E-state index in [1.807, 2.05) is 6.92 Å². The van der Waals surface area contributed by atoms with Crippen LogP contribution in [0.5, 0.6) is 0 Å². The van der Waals surface area contributed by atoms with Gasteiger partial charge >= 0.3 is 0 Å². The Labute approximate surface area is 138 Å². The van der Waals surface area contributed by atoms with Crippen molar-refractivity contribution in [3.05, 3.63) is 29.8 Å². The predicted molar refractivity (Wildman–Crippen MR) is 90.7 cm³/mol. The Morgan fingerprint density at radius 1 is 1.26 bits per heavy atom. The summed E-state index contributed by atoms with van der Waals surface area (Å²) in [5.74, 6) is 0.126. The molecular formula is C17H26N2O3S. The highest BCUT2D eigenvalue weighted by molar-refractivity contribution is 7.90. The van der Waals surface area contributed by atoms with Gasteiger partial charge in [0.05, 0.1) is 10.9 Å². The molecule has 3 atom stereocenters. The SMILES string of the molecule is CC(c1ccc(S(C)(=O)=O)cc1)N(C)C(=O)C1CCCC(N)C1. The van der Waals surface area contributed by atoms with E-state index in [2.05, 4.69) is 0 Å². The second-order valence-corrected chi connectivity index (χ2v) is 8.61. The lowest BCUT2D eigenvalue weighted by Crippen LogP contribution is -2.39. The molecule has 0 saturated heterocycles. The zero-order valence-corrected chi connectivity index (χ0v) is 14.8. The number of hydrogen-bond acceptors (Lipinski definition) is 4. The van der Waals surface area contributed by atoms with E-state index in [-0.39, 0.29) is 23.9 Å². The summed E-state index contributed by atoms with van der Waals surface area (Å²) in [6.45, 7) is 1.95. The normalized spacial score (nSPS) is 23.3. The van der Waals surface area contributed by atoms with Gasteiger partial charge in [0, 0.05) is 25.3 Å². The first-order valence-corrected chi connectivity index (χ1v) is 9.91. The van der Waals surface area contributed by atoms with Crippen molar-refractivity contribution in [3.63, 3.8) is 0 Å². The maximum absolute atomic E-state index is 12.7. The van der Waals surface area contributed by atoms with Crippen LogP contribution in [0.1, 0.15) is 44.2 Å². The second-order valence-electron chi connectivity index (χ2n) is 6.59. The molecular weight excluding hydrogens is 312 g/mol. The van der Waals surface area contributed by atoms with Crippen LogP contribution in [-0.2, 0) is 14.6 Å². The van der Waals surface area contributed by atoms with Crippen molar-refractivity contribution in [2.75, 3.05) is 13.3 Å². The zero-order chi connectivity index (χ0) is 17.2. The van der Waals surface area contributed by atoms with Crippen molar-refractivity contribution < 1.29 is 13.2 Å². The number of hydrogen-bond donors (Lipinski definition) is 1. The maximum Gasteiger partial charge on any atom is 0.225 e. The highest BCUT2D eigenvalue weighted by Gasteiger charge is 2.29. The van der Waals surface area contributed by atoms with Crippen LogP contribution in [0, 0.1) is 5.92 Å². The number of rotatable bonds is 4. The number of nitrogens with two attached hydrogens (primary N) is 1. The third-order valence-electron chi connectivity index (χ3n) is 4.78. The fourth-order valence-electron chi connectivity index (χ4n) is 3.15. The van der Waals surface area contributed by atoms with Gasteiger partial charge in [-0.15, -0.1) is 0 Å². The highest BCUT2D eigenvalue weighted by atomic mass is 32.2.